The number of nitrogens with two attached hydrogens (primary N) is 1. The molecule has 17 heteroatoms. The molecule has 4 aromatic rings. The zero-order valence-corrected chi connectivity index (χ0v) is 30.4. The second-order valence-electron chi connectivity index (χ2n) is 13.7. The lowest BCUT2D eigenvalue weighted by Gasteiger charge is -2.29. The molecule has 17 nitrogen and oxygen atoms in total. The summed E-state index contributed by atoms with van der Waals surface area (Å²) in [5.74, 6) is -2.80. The number of nitrogens with one attached hydrogen (secondary N) is 4. The molecule has 0 bridgehead atoms. The quantitative estimate of drug-likeness (QED) is 0.0720. The standard InChI is InChI=1S/C38H41N9O8/c1-20(2)24-16-25(31(49)17-30(24)48)34(39)47(37(40)54)22-7-8-28-21(15-22)11-12-45(28)14-13-44(3)38(55)41-18-33(51)42-27-6-4-5-23-26(27)19-46(36(23)53)29-9-10-32(50)43-35(29)52/h4-8,11-12,15-17,20,29,39,48-49H,9-10,13-14,18-19H2,1-3H3,(H2,40,54)(H,41,55)(H,42,51)(H,43,50,52). The first-order valence-electron chi connectivity index (χ1n) is 17.5. The van der Waals surface area contributed by atoms with Crippen LogP contribution in [0.4, 0.5) is 21.0 Å². The number of imide groups is 1. The largest absolute Gasteiger partial charge is 0.508 e. The molecule has 8 amide bonds. The number of nitrogens with zero attached hydrogens (tertiary/aromatic N) is 4. The molecular formula is C38H41N9O8. The molecule has 6 rings (SSSR count). The number of anilines is 2. The maximum Gasteiger partial charge on any atom is 0.325 e. The summed E-state index contributed by atoms with van der Waals surface area (Å²) in [5, 5.41) is 37.8. The van der Waals surface area contributed by atoms with E-state index in [0.29, 0.717) is 34.3 Å². The van der Waals surface area contributed by atoms with Crippen LogP contribution in [0.2, 0.25) is 0 Å². The second-order valence-corrected chi connectivity index (χ2v) is 13.7. The fourth-order valence-electron chi connectivity index (χ4n) is 6.80. The van der Waals surface area contributed by atoms with E-state index in [-0.39, 0.29) is 78.8 Å². The first-order chi connectivity index (χ1) is 26.1. The van der Waals surface area contributed by atoms with Gasteiger partial charge in [0, 0.05) is 73.1 Å². The number of aromatic nitrogens is 1. The van der Waals surface area contributed by atoms with Crippen LogP contribution in [0.3, 0.4) is 0 Å². The summed E-state index contributed by atoms with van der Waals surface area (Å²) in [6, 6.07) is 12.0. The minimum absolute atomic E-state index is 0.0233. The monoisotopic (exact) mass is 751 g/mol. The molecule has 2 aliphatic heterocycles. The van der Waals surface area contributed by atoms with Crippen molar-refractivity contribution in [1.29, 1.82) is 5.41 Å². The van der Waals surface area contributed by atoms with E-state index in [2.05, 4.69) is 16.0 Å². The Labute approximate surface area is 315 Å². The van der Waals surface area contributed by atoms with Gasteiger partial charge in [0.1, 0.15) is 23.4 Å². The number of amidine groups is 1. The summed E-state index contributed by atoms with van der Waals surface area (Å²) >= 11 is 0. The Morgan fingerprint density at radius 2 is 1.82 bits per heavy atom. The van der Waals surface area contributed by atoms with E-state index in [9.17, 15) is 39.0 Å². The van der Waals surface area contributed by atoms with E-state index >= 15 is 0 Å². The zero-order valence-electron chi connectivity index (χ0n) is 30.4. The SMILES string of the molecule is CC(C)c1cc(C(=N)N(C(N)=O)c2ccc3c(ccn3CCN(C)C(=O)NCC(=O)Nc3cccc4c3CN(C3CCC(=O)NC3=O)C4=O)c2)c(O)cc1O. The van der Waals surface area contributed by atoms with Gasteiger partial charge in [-0.05, 0) is 60.4 Å². The van der Waals surface area contributed by atoms with Crippen LogP contribution < -0.4 is 26.6 Å². The van der Waals surface area contributed by atoms with E-state index in [1.165, 1.54) is 15.9 Å². The van der Waals surface area contributed by atoms with Crippen molar-refractivity contribution in [3.63, 3.8) is 0 Å². The third-order valence-electron chi connectivity index (χ3n) is 9.76. The van der Waals surface area contributed by atoms with Gasteiger partial charge in [-0.15, -0.1) is 0 Å². The normalized spacial score (nSPS) is 15.2. The van der Waals surface area contributed by atoms with Crippen molar-refractivity contribution in [3.8, 4) is 11.5 Å². The second kappa shape index (κ2) is 15.2. The smallest absolute Gasteiger partial charge is 0.325 e. The number of phenols is 2. The molecule has 1 atom stereocenters. The number of carbonyl (C=O) groups is 6. The number of piperidine rings is 1. The van der Waals surface area contributed by atoms with Crippen LogP contribution in [-0.2, 0) is 27.5 Å². The van der Waals surface area contributed by atoms with Crippen molar-refractivity contribution >= 4 is 63.8 Å². The number of phenolic OH excluding ortho intramolecular Hbond substituents is 2. The van der Waals surface area contributed by atoms with Crippen LogP contribution in [0, 0.1) is 5.41 Å². The van der Waals surface area contributed by atoms with E-state index in [0.717, 1.165) is 16.5 Å². The van der Waals surface area contributed by atoms with E-state index in [1.807, 2.05) is 18.4 Å². The number of likely N-dealkylation sites (N-methyl/N-ethyl adjacent to an activating group) is 1. The fourth-order valence-corrected chi connectivity index (χ4v) is 6.80. The van der Waals surface area contributed by atoms with Crippen molar-refractivity contribution in [2.24, 2.45) is 5.73 Å². The zero-order chi connectivity index (χ0) is 39.7. The highest BCUT2D eigenvalue weighted by molar-refractivity contribution is 6.23. The third-order valence-corrected chi connectivity index (χ3v) is 9.76. The van der Waals surface area contributed by atoms with E-state index in [4.69, 9.17) is 11.1 Å². The molecule has 286 valence electrons. The van der Waals surface area contributed by atoms with Crippen molar-refractivity contribution in [1.82, 2.24) is 25.0 Å². The molecule has 3 heterocycles. The van der Waals surface area contributed by atoms with E-state index < -0.39 is 29.9 Å². The van der Waals surface area contributed by atoms with Gasteiger partial charge >= 0.3 is 12.1 Å². The summed E-state index contributed by atoms with van der Waals surface area (Å²) in [7, 11) is 1.58. The minimum Gasteiger partial charge on any atom is -0.508 e. The summed E-state index contributed by atoms with van der Waals surface area (Å²) in [6.45, 7) is 4.06. The highest BCUT2D eigenvalue weighted by Gasteiger charge is 2.40. The predicted molar refractivity (Wildman–Crippen MR) is 202 cm³/mol. The Kier molecular flexibility index (Phi) is 10.5. The van der Waals surface area contributed by atoms with Crippen molar-refractivity contribution in [2.45, 2.75) is 51.7 Å². The van der Waals surface area contributed by atoms with Crippen molar-refractivity contribution in [2.75, 3.05) is 30.4 Å². The first-order valence-corrected chi connectivity index (χ1v) is 17.5. The molecule has 3 aromatic carbocycles. The molecule has 0 saturated carbocycles. The van der Waals surface area contributed by atoms with Crippen molar-refractivity contribution in [3.05, 3.63) is 83.0 Å². The molecule has 1 unspecified atom stereocenters. The summed E-state index contributed by atoms with van der Waals surface area (Å²) < 4.78 is 1.89. The average molecular weight is 752 g/mol. The molecule has 55 heavy (non-hydrogen) atoms. The van der Waals surface area contributed by atoms with Crippen LogP contribution in [0.1, 0.15) is 59.7 Å². The number of hydrogen-bond donors (Lipinski definition) is 7. The maximum atomic E-state index is 13.1. The van der Waals surface area contributed by atoms with Gasteiger partial charge in [0.15, 0.2) is 0 Å². The van der Waals surface area contributed by atoms with Gasteiger partial charge in [0.05, 0.1) is 17.8 Å². The molecule has 1 fully saturated rings. The lowest BCUT2D eigenvalue weighted by atomic mass is 9.98. The topological polar surface area (TPSA) is 243 Å². The van der Waals surface area contributed by atoms with E-state index in [1.54, 1.807) is 55.7 Å². The highest BCUT2D eigenvalue weighted by atomic mass is 16.3. The number of aromatic hydroxyl groups is 2. The summed E-state index contributed by atoms with van der Waals surface area (Å²) in [4.78, 5) is 79.2. The lowest BCUT2D eigenvalue weighted by Crippen LogP contribution is -2.52. The number of carbonyl (C=O) groups excluding carboxylic acids is 6. The van der Waals surface area contributed by atoms with Crippen LogP contribution in [0.5, 0.6) is 11.5 Å². The fraction of sp³-hybridized carbons (Fsp3) is 0.289. The number of hydrogen-bond acceptors (Lipinski definition) is 9. The summed E-state index contributed by atoms with van der Waals surface area (Å²) in [6.07, 6.45) is 2.14. The molecule has 0 radical (unpaired) electrons. The van der Waals surface area contributed by atoms with Crippen LogP contribution in [0.25, 0.3) is 10.9 Å². The maximum absolute atomic E-state index is 13.1. The Hall–Kier alpha value is -6.91. The predicted octanol–water partition coefficient (Wildman–Crippen LogP) is 3.13. The van der Waals surface area contributed by atoms with Gasteiger partial charge in [0.2, 0.25) is 17.7 Å². The van der Waals surface area contributed by atoms with Crippen LogP contribution in [0.15, 0.2) is 60.8 Å². The van der Waals surface area contributed by atoms with Crippen LogP contribution in [-0.4, -0.2) is 92.3 Å². The molecule has 1 aromatic heterocycles. The minimum atomic E-state index is -0.942. The number of fused-ring (bicyclic) bond motifs is 2. The Morgan fingerprint density at radius 3 is 2.53 bits per heavy atom. The number of rotatable bonds is 10. The number of amides is 8. The molecule has 2 aliphatic rings. The molecule has 0 spiro atoms. The van der Waals surface area contributed by atoms with Gasteiger partial charge in [0.25, 0.3) is 5.91 Å². The molecular weight excluding hydrogens is 710 g/mol. The van der Waals surface area contributed by atoms with Crippen molar-refractivity contribution < 1.29 is 39.0 Å². The van der Waals surface area contributed by atoms with Gasteiger partial charge < -0.3 is 40.9 Å². The molecule has 1 saturated heterocycles. The van der Waals surface area contributed by atoms with Gasteiger partial charge in [-0.2, -0.15) is 0 Å². The summed E-state index contributed by atoms with van der Waals surface area (Å²) in [5.41, 5.74) is 8.54. The third kappa shape index (κ3) is 7.62. The number of benzene rings is 3. The Morgan fingerprint density at radius 1 is 1.05 bits per heavy atom. The molecule has 8 N–H and O–H groups in total. The number of primary amides is 1. The first kappa shape index (κ1) is 37.8. The molecule has 0 aliphatic carbocycles. The van der Waals surface area contributed by atoms with Gasteiger partial charge in [-0.3, -0.25) is 29.9 Å². The lowest BCUT2D eigenvalue weighted by molar-refractivity contribution is -0.137. The Balaban J connectivity index is 1.04. The average Bonchev–Trinajstić information content (AvgIpc) is 3.69. The number of urea groups is 2. The van der Waals surface area contributed by atoms with Gasteiger partial charge in [-0.25, -0.2) is 14.5 Å². The van der Waals surface area contributed by atoms with Gasteiger partial charge in [-0.1, -0.05) is 19.9 Å². The van der Waals surface area contributed by atoms with Crippen LogP contribution >= 0.6 is 0 Å². The Bertz CT molecular complexity index is 2270. The highest BCUT2D eigenvalue weighted by Crippen LogP contribution is 2.35.